The van der Waals surface area contributed by atoms with Gasteiger partial charge in [0.25, 0.3) is 0 Å². The third-order valence-electron chi connectivity index (χ3n) is 4.55. The average molecular weight is 335 g/mol. The van der Waals surface area contributed by atoms with Gasteiger partial charge in [0.15, 0.2) is 0 Å². The van der Waals surface area contributed by atoms with Crippen LogP contribution in [0.3, 0.4) is 0 Å². The van der Waals surface area contributed by atoms with Gasteiger partial charge in [-0.25, -0.2) is 9.18 Å². The lowest BCUT2D eigenvalue weighted by atomic mass is 10.2. The minimum Gasteiger partial charge on any atom is -0.381 e. The van der Waals surface area contributed by atoms with Crippen molar-refractivity contribution in [3.05, 3.63) is 30.1 Å². The van der Waals surface area contributed by atoms with Crippen molar-refractivity contribution in [3.63, 3.8) is 0 Å². The maximum Gasteiger partial charge on any atom is 0.317 e. The van der Waals surface area contributed by atoms with Crippen LogP contribution >= 0.6 is 0 Å². The van der Waals surface area contributed by atoms with Gasteiger partial charge in [-0.2, -0.15) is 0 Å². The summed E-state index contributed by atoms with van der Waals surface area (Å²) in [7, 11) is 0. The van der Waals surface area contributed by atoms with Crippen molar-refractivity contribution in [1.82, 2.24) is 10.2 Å². The highest BCUT2D eigenvalue weighted by Crippen LogP contribution is 2.28. The average Bonchev–Trinajstić information content (AvgIpc) is 3.43. The molecule has 2 fully saturated rings. The van der Waals surface area contributed by atoms with Crippen LogP contribution in [-0.4, -0.2) is 56.9 Å². The van der Waals surface area contributed by atoms with E-state index in [1.165, 1.54) is 18.9 Å². The zero-order valence-electron chi connectivity index (χ0n) is 14.0. The Kier molecular flexibility index (Phi) is 5.91. The molecule has 2 amide bonds. The Morgan fingerprint density at radius 2 is 1.96 bits per heavy atom. The molecule has 1 heterocycles. The summed E-state index contributed by atoms with van der Waals surface area (Å²) in [6, 6.07) is 6.75. The molecule has 2 aliphatic rings. The van der Waals surface area contributed by atoms with Gasteiger partial charge in [0.05, 0.1) is 5.69 Å². The Balaban J connectivity index is 1.32. The van der Waals surface area contributed by atoms with Crippen LogP contribution in [0.5, 0.6) is 0 Å². The van der Waals surface area contributed by atoms with E-state index < -0.39 is 0 Å². The van der Waals surface area contributed by atoms with E-state index in [4.69, 9.17) is 4.74 Å². The zero-order valence-corrected chi connectivity index (χ0v) is 14.0. The van der Waals surface area contributed by atoms with E-state index in [1.807, 2.05) is 11.0 Å². The molecule has 1 aliphatic heterocycles. The first kappa shape index (κ1) is 17.0. The minimum atomic E-state index is -0.207. The molecule has 1 saturated carbocycles. The molecule has 1 aromatic rings. The van der Waals surface area contributed by atoms with E-state index in [9.17, 15) is 9.18 Å². The summed E-state index contributed by atoms with van der Waals surface area (Å²) >= 11 is 0. The molecular weight excluding hydrogens is 309 g/mol. The fourth-order valence-electron chi connectivity index (χ4n) is 2.87. The summed E-state index contributed by atoms with van der Waals surface area (Å²) in [5, 5.41) is 2.94. The van der Waals surface area contributed by atoms with Crippen LogP contribution < -0.4 is 10.2 Å². The Labute approximate surface area is 142 Å². The summed E-state index contributed by atoms with van der Waals surface area (Å²) in [6.07, 6.45) is 3.44. The smallest absolute Gasteiger partial charge is 0.317 e. The van der Waals surface area contributed by atoms with Crippen molar-refractivity contribution < 1.29 is 13.9 Å². The summed E-state index contributed by atoms with van der Waals surface area (Å²) in [6.45, 7) is 4.73. The second kappa shape index (κ2) is 8.33. The van der Waals surface area contributed by atoms with Gasteiger partial charge in [-0.1, -0.05) is 12.1 Å². The summed E-state index contributed by atoms with van der Waals surface area (Å²) < 4.78 is 19.4. The number of para-hydroxylation sites is 1. The number of urea groups is 1. The molecule has 24 heavy (non-hydrogen) atoms. The molecule has 0 aromatic heterocycles. The van der Waals surface area contributed by atoms with Gasteiger partial charge >= 0.3 is 6.03 Å². The molecule has 5 nitrogen and oxygen atoms in total. The Morgan fingerprint density at radius 1 is 1.21 bits per heavy atom. The van der Waals surface area contributed by atoms with E-state index in [2.05, 4.69) is 5.32 Å². The lowest BCUT2D eigenvalue weighted by Crippen LogP contribution is -2.52. The van der Waals surface area contributed by atoms with E-state index in [-0.39, 0.29) is 11.8 Å². The third kappa shape index (κ3) is 4.84. The number of anilines is 1. The standard InChI is InChI=1S/C18H26FN3O2/c19-16-4-1-2-5-17(16)21-9-11-22(12-10-21)18(23)20-8-3-13-24-14-15-6-7-15/h1-2,4-5,15H,3,6-14H2,(H,20,23). The second-order valence-electron chi connectivity index (χ2n) is 6.53. The predicted octanol–water partition coefficient (Wildman–Crippen LogP) is 2.47. The monoisotopic (exact) mass is 335 g/mol. The number of nitrogens with one attached hydrogen (secondary N) is 1. The normalized spacial score (nSPS) is 17.9. The quantitative estimate of drug-likeness (QED) is 0.779. The van der Waals surface area contributed by atoms with Crippen molar-refractivity contribution in [2.75, 3.05) is 50.8 Å². The first-order chi connectivity index (χ1) is 11.7. The van der Waals surface area contributed by atoms with Gasteiger partial charge in [0.1, 0.15) is 5.82 Å². The predicted molar refractivity (Wildman–Crippen MR) is 91.7 cm³/mol. The number of halogens is 1. The number of piperazine rings is 1. The first-order valence-corrected chi connectivity index (χ1v) is 8.84. The van der Waals surface area contributed by atoms with Crippen molar-refractivity contribution in [1.29, 1.82) is 0 Å². The number of ether oxygens (including phenoxy) is 1. The number of hydrogen-bond donors (Lipinski definition) is 1. The number of carbonyl (C=O) groups is 1. The number of benzene rings is 1. The van der Waals surface area contributed by atoms with Gasteiger partial charge in [-0.05, 0) is 37.3 Å². The molecular formula is C18H26FN3O2. The molecule has 1 aromatic carbocycles. The number of hydrogen-bond acceptors (Lipinski definition) is 3. The van der Waals surface area contributed by atoms with Gasteiger partial charge in [0.2, 0.25) is 0 Å². The van der Waals surface area contributed by atoms with Crippen molar-refractivity contribution in [2.24, 2.45) is 5.92 Å². The van der Waals surface area contributed by atoms with Crippen LogP contribution in [0.15, 0.2) is 24.3 Å². The van der Waals surface area contributed by atoms with Crippen LogP contribution in [0, 0.1) is 11.7 Å². The molecule has 0 bridgehead atoms. The maximum atomic E-state index is 13.8. The summed E-state index contributed by atoms with van der Waals surface area (Å²) in [4.78, 5) is 15.9. The highest BCUT2D eigenvalue weighted by Gasteiger charge is 2.22. The van der Waals surface area contributed by atoms with Gasteiger partial charge in [-0.3, -0.25) is 0 Å². The van der Waals surface area contributed by atoms with Crippen molar-refractivity contribution in [2.45, 2.75) is 19.3 Å². The Morgan fingerprint density at radius 3 is 2.67 bits per heavy atom. The lowest BCUT2D eigenvalue weighted by molar-refractivity contribution is 0.121. The second-order valence-corrected chi connectivity index (χ2v) is 6.53. The largest absolute Gasteiger partial charge is 0.381 e. The minimum absolute atomic E-state index is 0.0367. The fourth-order valence-corrected chi connectivity index (χ4v) is 2.87. The van der Waals surface area contributed by atoms with Crippen molar-refractivity contribution in [3.8, 4) is 0 Å². The SMILES string of the molecule is O=C(NCCCOCC1CC1)N1CCN(c2ccccc2F)CC1. The number of carbonyl (C=O) groups excluding carboxylic acids is 1. The van der Waals surface area contributed by atoms with Crippen LogP contribution in [0.1, 0.15) is 19.3 Å². The molecule has 1 saturated heterocycles. The van der Waals surface area contributed by atoms with E-state index in [0.29, 0.717) is 45.0 Å². The van der Waals surface area contributed by atoms with E-state index in [1.54, 1.807) is 17.0 Å². The third-order valence-corrected chi connectivity index (χ3v) is 4.55. The highest BCUT2D eigenvalue weighted by molar-refractivity contribution is 5.74. The number of rotatable bonds is 7. The molecule has 0 radical (unpaired) electrons. The maximum absolute atomic E-state index is 13.8. The fraction of sp³-hybridized carbons (Fsp3) is 0.611. The molecule has 1 N–H and O–H groups in total. The van der Waals surface area contributed by atoms with E-state index in [0.717, 1.165) is 18.9 Å². The topological polar surface area (TPSA) is 44.8 Å². The van der Waals surface area contributed by atoms with Crippen molar-refractivity contribution >= 4 is 11.7 Å². The summed E-state index contributed by atoms with van der Waals surface area (Å²) in [5.74, 6) is 0.576. The Hall–Kier alpha value is -1.82. The van der Waals surface area contributed by atoms with Crippen LogP contribution in [0.2, 0.25) is 0 Å². The van der Waals surface area contributed by atoms with Gasteiger partial charge in [-0.15, -0.1) is 0 Å². The molecule has 6 heteroatoms. The van der Waals surface area contributed by atoms with Crippen LogP contribution in [-0.2, 0) is 4.74 Å². The molecule has 0 spiro atoms. The molecule has 3 rings (SSSR count). The van der Waals surface area contributed by atoms with Gasteiger partial charge in [0, 0.05) is 45.9 Å². The first-order valence-electron chi connectivity index (χ1n) is 8.84. The molecule has 0 atom stereocenters. The van der Waals surface area contributed by atoms with Gasteiger partial charge < -0.3 is 19.9 Å². The molecule has 1 aliphatic carbocycles. The van der Waals surface area contributed by atoms with Crippen LogP contribution in [0.25, 0.3) is 0 Å². The zero-order chi connectivity index (χ0) is 16.8. The molecule has 132 valence electrons. The number of nitrogens with zero attached hydrogens (tertiary/aromatic N) is 2. The lowest BCUT2D eigenvalue weighted by Gasteiger charge is -2.36. The number of amides is 2. The van der Waals surface area contributed by atoms with E-state index >= 15 is 0 Å². The Bertz CT molecular complexity index is 543. The van der Waals surface area contributed by atoms with Crippen LogP contribution in [0.4, 0.5) is 14.9 Å². The highest BCUT2D eigenvalue weighted by atomic mass is 19.1. The summed E-state index contributed by atoms with van der Waals surface area (Å²) in [5.41, 5.74) is 0.616. The molecule has 0 unspecified atom stereocenters.